The molecule has 0 aromatic carbocycles. The molecule has 0 saturated carbocycles. The topological polar surface area (TPSA) is 12.9 Å². The molecule has 1 rings (SSSR count). The molecule has 1 heterocycles. The summed E-state index contributed by atoms with van der Waals surface area (Å²) in [5, 5.41) is 3.25. The molecule has 0 bridgehead atoms. The van der Waals surface area contributed by atoms with Gasteiger partial charge in [-0.05, 0) is 65.4 Å². The summed E-state index contributed by atoms with van der Waals surface area (Å²) in [6.45, 7) is 8.63. The Morgan fingerprint density at radius 2 is 2.25 bits per heavy atom. The van der Waals surface area contributed by atoms with Gasteiger partial charge in [-0.3, -0.25) is 0 Å². The van der Waals surface area contributed by atoms with E-state index in [-0.39, 0.29) is 0 Å². The van der Waals surface area contributed by atoms with E-state index in [9.17, 15) is 0 Å². The van der Waals surface area contributed by atoms with Crippen molar-refractivity contribution in [3.8, 4) is 0 Å². The highest BCUT2D eigenvalue weighted by Gasteiger charge is 2.03. The largest absolute Gasteiger partial charge is 0.242 e. The van der Waals surface area contributed by atoms with E-state index in [1.165, 1.54) is 9.15 Å². The standard InChI is InChI=1S/C13H18INS/c1-9(5-6-11(3)14)10(2)7-13-8-16-12(4)15-13/h6-9H,5H2,1-4H3/b10-7+,11-6-/t9-/m1/s1. The number of aromatic nitrogens is 1. The van der Waals surface area contributed by atoms with Crippen molar-refractivity contribution in [1.29, 1.82) is 0 Å². The molecular weight excluding hydrogens is 329 g/mol. The van der Waals surface area contributed by atoms with E-state index >= 15 is 0 Å². The molecule has 1 aromatic rings. The van der Waals surface area contributed by atoms with Crippen molar-refractivity contribution in [3.05, 3.63) is 31.3 Å². The molecule has 0 fully saturated rings. The predicted octanol–water partition coefficient (Wildman–Crippen LogP) is 5.22. The van der Waals surface area contributed by atoms with Crippen molar-refractivity contribution >= 4 is 40.0 Å². The Kier molecular flexibility index (Phi) is 5.69. The van der Waals surface area contributed by atoms with Gasteiger partial charge in [0, 0.05) is 5.38 Å². The van der Waals surface area contributed by atoms with Crippen molar-refractivity contribution in [2.24, 2.45) is 5.92 Å². The molecule has 0 aliphatic rings. The normalized spacial score (nSPS) is 15.3. The molecule has 88 valence electrons. The maximum atomic E-state index is 4.45. The van der Waals surface area contributed by atoms with Gasteiger partial charge in [0.25, 0.3) is 0 Å². The number of thiazole rings is 1. The van der Waals surface area contributed by atoms with Crippen LogP contribution in [0.3, 0.4) is 0 Å². The molecule has 16 heavy (non-hydrogen) atoms. The monoisotopic (exact) mass is 347 g/mol. The number of halogens is 1. The lowest BCUT2D eigenvalue weighted by atomic mass is 9.98. The lowest BCUT2D eigenvalue weighted by Gasteiger charge is -2.09. The molecule has 0 amide bonds. The zero-order chi connectivity index (χ0) is 12.1. The fourth-order valence-corrected chi connectivity index (χ4v) is 2.17. The first-order chi connectivity index (χ1) is 7.49. The molecule has 0 unspecified atom stereocenters. The SMILES string of the molecule is C/C(I)=C/C[C@@H](C)/C(C)=C/c1csc(C)n1. The Bertz CT molecular complexity index is 400. The molecular formula is C13H18INS. The summed E-state index contributed by atoms with van der Waals surface area (Å²) in [4.78, 5) is 4.45. The average Bonchev–Trinajstić information content (AvgIpc) is 2.60. The fourth-order valence-electron chi connectivity index (χ4n) is 1.35. The highest BCUT2D eigenvalue weighted by atomic mass is 127. The van der Waals surface area contributed by atoms with Crippen LogP contribution in [0.15, 0.2) is 20.6 Å². The highest BCUT2D eigenvalue weighted by Crippen LogP contribution is 2.20. The van der Waals surface area contributed by atoms with Crippen molar-refractivity contribution in [2.45, 2.75) is 34.1 Å². The summed E-state index contributed by atoms with van der Waals surface area (Å²) in [6, 6.07) is 0. The second-order valence-corrected chi connectivity index (χ2v) is 6.87. The van der Waals surface area contributed by atoms with Gasteiger partial charge >= 0.3 is 0 Å². The molecule has 1 nitrogen and oxygen atoms in total. The third-order valence-electron chi connectivity index (χ3n) is 2.54. The van der Waals surface area contributed by atoms with Crippen LogP contribution in [0, 0.1) is 12.8 Å². The third kappa shape index (κ3) is 4.78. The molecule has 0 N–H and O–H groups in total. The van der Waals surface area contributed by atoms with Crippen molar-refractivity contribution < 1.29 is 0 Å². The third-order valence-corrected chi connectivity index (χ3v) is 3.77. The molecule has 0 saturated heterocycles. The van der Waals surface area contributed by atoms with Gasteiger partial charge in [0.1, 0.15) is 0 Å². The molecule has 1 atom stereocenters. The number of allylic oxidation sites excluding steroid dienone is 3. The Labute approximate surface area is 116 Å². The maximum absolute atomic E-state index is 4.45. The fraction of sp³-hybridized carbons (Fsp3) is 0.462. The summed E-state index contributed by atoms with van der Waals surface area (Å²) < 4.78 is 1.36. The van der Waals surface area contributed by atoms with Gasteiger partial charge in [0.05, 0.1) is 10.7 Å². The summed E-state index contributed by atoms with van der Waals surface area (Å²) in [7, 11) is 0. The molecule has 1 aromatic heterocycles. The van der Waals surface area contributed by atoms with E-state index in [0.717, 1.165) is 17.1 Å². The number of aryl methyl sites for hydroxylation is 1. The van der Waals surface area contributed by atoms with Crippen LogP contribution in [0.4, 0.5) is 0 Å². The van der Waals surface area contributed by atoms with Gasteiger partial charge in [0.15, 0.2) is 0 Å². The summed E-state index contributed by atoms with van der Waals surface area (Å²) in [5.41, 5.74) is 2.50. The summed E-state index contributed by atoms with van der Waals surface area (Å²) >= 11 is 4.06. The number of nitrogens with zero attached hydrogens (tertiary/aromatic N) is 1. The Balaban J connectivity index is 2.66. The Morgan fingerprint density at radius 3 is 2.75 bits per heavy atom. The summed E-state index contributed by atoms with van der Waals surface area (Å²) in [5.74, 6) is 0.590. The molecule has 0 spiro atoms. The first kappa shape index (κ1) is 13.9. The van der Waals surface area contributed by atoms with Gasteiger partial charge in [0.2, 0.25) is 0 Å². The Morgan fingerprint density at radius 1 is 1.56 bits per heavy atom. The summed E-state index contributed by atoms with van der Waals surface area (Å²) in [6.07, 6.45) is 5.60. The smallest absolute Gasteiger partial charge is 0.0901 e. The van der Waals surface area contributed by atoms with Crippen molar-refractivity contribution in [1.82, 2.24) is 4.98 Å². The Hall–Kier alpha value is -0.160. The van der Waals surface area contributed by atoms with Crippen molar-refractivity contribution in [2.75, 3.05) is 0 Å². The van der Waals surface area contributed by atoms with E-state index in [2.05, 4.69) is 65.9 Å². The maximum Gasteiger partial charge on any atom is 0.0901 e. The van der Waals surface area contributed by atoms with Gasteiger partial charge < -0.3 is 0 Å². The number of hydrogen-bond donors (Lipinski definition) is 0. The van der Waals surface area contributed by atoms with Crippen LogP contribution in [-0.2, 0) is 0 Å². The molecule has 0 aliphatic heterocycles. The van der Waals surface area contributed by atoms with Crippen LogP contribution in [0.1, 0.15) is 37.9 Å². The van der Waals surface area contributed by atoms with Gasteiger partial charge in [-0.1, -0.05) is 18.6 Å². The predicted molar refractivity (Wildman–Crippen MR) is 82.1 cm³/mol. The first-order valence-corrected chi connectivity index (χ1v) is 7.37. The van der Waals surface area contributed by atoms with Crippen LogP contribution in [-0.4, -0.2) is 4.98 Å². The molecule has 3 heteroatoms. The van der Waals surface area contributed by atoms with E-state index in [0.29, 0.717) is 5.92 Å². The van der Waals surface area contributed by atoms with Crippen LogP contribution >= 0.6 is 33.9 Å². The quantitative estimate of drug-likeness (QED) is 0.681. The number of rotatable bonds is 4. The zero-order valence-corrected chi connectivity index (χ0v) is 13.2. The molecule has 0 radical (unpaired) electrons. The second kappa shape index (κ2) is 6.55. The van der Waals surface area contributed by atoms with E-state index in [4.69, 9.17) is 0 Å². The van der Waals surface area contributed by atoms with E-state index in [1.807, 2.05) is 6.92 Å². The average molecular weight is 347 g/mol. The molecule has 0 aliphatic carbocycles. The van der Waals surface area contributed by atoms with Crippen LogP contribution < -0.4 is 0 Å². The van der Waals surface area contributed by atoms with E-state index in [1.54, 1.807) is 11.3 Å². The van der Waals surface area contributed by atoms with Crippen LogP contribution in [0.2, 0.25) is 0 Å². The van der Waals surface area contributed by atoms with Gasteiger partial charge in [-0.25, -0.2) is 4.98 Å². The second-order valence-electron chi connectivity index (χ2n) is 4.11. The minimum atomic E-state index is 0.590. The lowest BCUT2D eigenvalue weighted by molar-refractivity contribution is 0.699. The van der Waals surface area contributed by atoms with Crippen molar-refractivity contribution in [3.63, 3.8) is 0 Å². The minimum absolute atomic E-state index is 0.590. The minimum Gasteiger partial charge on any atom is -0.242 e. The van der Waals surface area contributed by atoms with Gasteiger partial charge in [-0.15, -0.1) is 11.3 Å². The first-order valence-electron chi connectivity index (χ1n) is 5.41. The van der Waals surface area contributed by atoms with E-state index < -0.39 is 0 Å². The van der Waals surface area contributed by atoms with Crippen LogP contribution in [0.5, 0.6) is 0 Å². The van der Waals surface area contributed by atoms with Crippen LogP contribution in [0.25, 0.3) is 6.08 Å². The lowest BCUT2D eigenvalue weighted by Crippen LogP contribution is -1.94. The van der Waals surface area contributed by atoms with Gasteiger partial charge in [-0.2, -0.15) is 0 Å². The zero-order valence-electron chi connectivity index (χ0n) is 10.2. The number of hydrogen-bond acceptors (Lipinski definition) is 2. The highest BCUT2D eigenvalue weighted by molar-refractivity contribution is 14.1.